The van der Waals surface area contributed by atoms with Crippen molar-refractivity contribution in [1.82, 2.24) is 0 Å². The highest BCUT2D eigenvalue weighted by Gasteiger charge is 2.31. The van der Waals surface area contributed by atoms with Crippen molar-refractivity contribution in [3.05, 3.63) is 131 Å². The quantitative estimate of drug-likeness (QED) is 0.138. The zero-order valence-corrected chi connectivity index (χ0v) is 21.5. The Morgan fingerprint density at radius 2 is 1.06 bits per heavy atom. The van der Waals surface area contributed by atoms with Crippen LogP contribution >= 0.6 is 0 Å². The Labute approximate surface area is 214 Å². The van der Waals surface area contributed by atoms with Gasteiger partial charge in [-0.15, -0.1) is 0 Å². The fourth-order valence-electron chi connectivity index (χ4n) is 4.40. The van der Waals surface area contributed by atoms with E-state index in [1.54, 1.807) is 12.1 Å². The van der Waals surface area contributed by atoms with Gasteiger partial charge in [-0.05, 0) is 79.8 Å². The first-order valence-electron chi connectivity index (χ1n) is 12.6. The van der Waals surface area contributed by atoms with Gasteiger partial charge >= 0.3 is 5.97 Å². The largest absolute Gasteiger partial charge is 0.488 e. The maximum Gasteiger partial charge on any atom is 0.343 e. The molecule has 0 N–H and O–H groups in total. The van der Waals surface area contributed by atoms with E-state index < -0.39 is 5.41 Å². The van der Waals surface area contributed by atoms with Crippen LogP contribution in [0.4, 0.5) is 0 Å². The third-order valence-corrected chi connectivity index (χ3v) is 7.29. The van der Waals surface area contributed by atoms with Crippen molar-refractivity contribution < 1.29 is 14.3 Å². The van der Waals surface area contributed by atoms with Crippen molar-refractivity contribution in [3.8, 4) is 11.5 Å². The summed E-state index contributed by atoms with van der Waals surface area (Å²) in [7, 11) is 0. The van der Waals surface area contributed by atoms with Crippen LogP contribution in [0.15, 0.2) is 109 Å². The maximum absolute atomic E-state index is 12.5. The summed E-state index contributed by atoms with van der Waals surface area (Å²) in [5, 5.41) is 0. The lowest BCUT2D eigenvalue weighted by atomic mass is 9.71. The number of ether oxygens (including phenoxy) is 2. The third kappa shape index (κ3) is 5.36. The summed E-state index contributed by atoms with van der Waals surface area (Å²) >= 11 is 0. The van der Waals surface area contributed by atoms with E-state index in [0.29, 0.717) is 11.3 Å². The van der Waals surface area contributed by atoms with Gasteiger partial charge in [0.15, 0.2) is 0 Å². The smallest absolute Gasteiger partial charge is 0.343 e. The lowest BCUT2D eigenvalue weighted by Gasteiger charge is -2.33. The van der Waals surface area contributed by atoms with Crippen molar-refractivity contribution in [1.29, 1.82) is 0 Å². The molecule has 36 heavy (non-hydrogen) atoms. The number of carbonyl (C=O) groups is 1. The fourth-order valence-corrected chi connectivity index (χ4v) is 4.40. The van der Waals surface area contributed by atoms with Crippen LogP contribution in [0.1, 0.15) is 67.6 Å². The van der Waals surface area contributed by atoms with E-state index >= 15 is 0 Å². The Kier molecular flexibility index (Phi) is 7.59. The monoisotopic (exact) mass is 478 g/mol. The Balaban J connectivity index is 1.65. The van der Waals surface area contributed by atoms with Crippen LogP contribution in [-0.4, -0.2) is 11.6 Å². The van der Waals surface area contributed by atoms with Gasteiger partial charge in [0.1, 0.15) is 17.1 Å². The lowest BCUT2D eigenvalue weighted by Crippen LogP contribution is -2.30. The van der Waals surface area contributed by atoms with E-state index in [0.717, 1.165) is 29.7 Å². The topological polar surface area (TPSA) is 35.5 Å². The highest BCUT2D eigenvalue weighted by molar-refractivity contribution is 5.90. The average molecular weight is 479 g/mol. The number of rotatable bonds is 9. The fraction of sp³-hybridized carbons (Fsp3) is 0.242. The van der Waals surface area contributed by atoms with Gasteiger partial charge in [-0.1, -0.05) is 86.6 Å². The van der Waals surface area contributed by atoms with Crippen LogP contribution in [-0.2, 0) is 5.41 Å². The van der Waals surface area contributed by atoms with Crippen LogP contribution < -0.4 is 9.47 Å². The molecule has 3 nitrogen and oxygen atoms in total. The maximum atomic E-state index is 12.5. The normalized spacial score (nSPS) is 13.0. The molecule has 0 spiro atoms. The first-order chi connectivity index (χ1) is 17.4. The average Bonchev–Trinajstić information content (AvgIpc) is 2.94. The minimum absolute atomic E-state index is 0.169. The zero-order valence-electron chi connectivity index (χ0n) is 21.5. The SMILES string of the molecule is CCC(C)(CC)Oc1ccc(C(C)(c2ccccc2)c2ccc(OC(=O)c3ccccc3)cc2)cc1. The minimum atomic E-state index is -0.402. The molecule has 184 valence electrons. The molecular weight excluding hydrogens is 444 g/mol. The van der Waals surface area contributed by atoms with Crippen molar-refractivity contribution in [3.63, 3.8) is 0 Å². The van der Waals surface area contributed by atoms with Crippen LogP contribution in [0.3, 0.4) is 0 Å². The predicted molar refractivity (Wildman–Crippen MR) is 146 cm³/mol. The number of carbonyl (C=O) groups excluding carboxylic acids is 1. The molecule has 1 unspecified atom stereocenters. The molecule has 0 fully saturated rings. The highest BCUT2D eigenvalue weighted by atomic mass is 16.5. The number of hydrogen-bond donors (Lipinski definition) is 0. The number of hydrogen-bond acceptors (Lipinski definition) is 3. The van der Waals surface area contributed by atoms with Crippen molar-refractivity contribution >= 4 is 5.97 Å². The Hall–Kier alpha value is -3.85. The van der Waals surface area contributed by atoms with Crippen LogP contribution in [0.25, 0.3) is 0 Å². The van der Waals surface area contributed by atoms with Gasteiger partial charge in [0.2, 0.25) is 0 Å². The van der Waals surface area contributed by atoms with Gasteiger partial charge in [0, 0.05) is 5.41 Å². The van der Waals surface area contributed by atoms with Crippen LogP contribution in [0.5, 0.6) is 11.5 Å². The molecule has 0 saturated heterocycles. The molecule has 4 rings (SSSR count). The van der Waals surface area contributed by atoms with Crippen molar-refractivity contribution in [2.75, 3.05) is 0 Å². The predicted octanol–water partition coefficient (Wildman–Crippen LogP) is 8.22. The first-order valence-corrected chi connectivity index (χ1v) is 12.6. The van der Waals surface area contributed by atoms with E-state index in [1.807, 2.05) is 48.5 Å². The van der Waals surface area contributed by atoms with E-state index in [9.17, 15) is 4.79 Å². The summed E-state index contributed by atoms with van der Waals surface area (Å²) in [5.74, 6) is 1.03. The van der Waals surface area contributed by atoms with Gasteiger partial charge in [0.25, 0.3) is 0 Å². The Bertz CT molecular complexity index is 1260. The van der Waals surface area contributed by atoms with E-state index in [2.05, 4.69) is 76.2 Å². The Morgan fingerprint density at radius 3 is 1.56 bits per heavy atom. The van der Waals surface area contributed by atoms with Gasteiger partial charge in [-0.3, -0.25) is 0 Å². The molecule has 0 aliphatic carbocycles. The van der Waals surface area contributed by atoms with Crippen molar-refractivity contribution in [2.24, 2.45) is 0 Å². The van der Waals surface area contributed by atoms with Crippen molar-refractivity contribution in [2.45, 2.75) is 51.6 Å². The highest BCUT2D eigenvalue weighted by Crippen LogP contribution is 2.40. The minimum Gasteiger partial charge on any atom is -0.488 e. The molecule has 0 radical (unpaired) electrons. The summed E-state index contributed by atoms with van der Waals surface area (Å²) < 4.78 is 11.9. The van der Waals surface area contributed by atoms with Gasteiger partial charge < -0.3 is 9.47 Å². The molecule has 3 heteroatoms. The van der Waals surface area contributed by atoms with Gasteiger partial charge in [-0.2, -0.15) is 0 Å². The second-order valence-electron chi connectivity index (χ2n) is 9.55. The third-order valence-electron chi connectivity index (χ3n) is 7.29. The van der Waals surface area contributed by atoms with E-state index in [1.165, 1.54) is 5.56 Å². The second-order valence-corrected chi connectivity index (χ2v) is 9.55. The van der Waals surface area contributed by atoms with Gasteiger partial charge in [-0.25, -0.2) is 4.79 Å². The van der Waals surface area contributed by atoms with E-state index in [4.69, 9.17) is 9.47 Å². The summed E-state index contributed by atoms with van der Waals surface area (Å²) in [6.07, 6.45) is 1.91. The molecule has 0 aromatic heterocycles. The zero-order chi connectivity index (χ0) is 25.6. The molecule has 0 saturated carbocycles. The molecule has 4 aromatic rings. The Morgan fingerprint density at radius 1 is 0.611 bits per heavy atom. The second kappa shape index (κ2) is 10.8. The molecule has 0 amide bonds. The standard InChI is InChI=1S/C33H34O3/c1-5-32(3,6-2)36-30-23-19-28(20-24-30)33(4,26-15-11-8-12-16-26)27-17-21-29(22-18-27)35-31(34)25-13-9-7-10-14-25/h7-24H,5-6H2,1-4H3. The summed E-state index contributed by atoms with van der Waals surface area (Å²) in [4.78, 5) is 12.5. The summed E-state index contributed by atoms with van der Waals surface area (Å²) in [6, 6.07) is 35.7. The number of esters is 1. The van der Waals surface area contributed by atoms with Crippen LogP contribution in [0, 0.1) is 0 Å². The molecule has 0 bridgehead atoms. The lowest BCUT2D eigenvalue weighted by molar-refractivity contribution is 0.0734. The molecule has 0 aliphatic rings. The summed E-state index contributed by atoms with van der Waals surface area (Å²) in [6.45, 7) is 8.70. The molecule has 0 aliphatic heterocycles. The molecular formula is C33H34O3. The van der Waals surface area contributed by atoms with Gasteiger partial charge in [0.05, 0.1) is 5.56 Å². The molecule has 4 aromatic carbocycles. The first kappa shape index (κ1) is 25.2. The van der Waals surface area contributed by atoms with Crippen LogP contribution in [0.2, 0.25) is 0 Å². The molecule has 0 heterocycles. The van der Waals surface area contributed by atoms with E-state index in [-0.39, 0.29) is 11.6 Å². The molecule has 1 atom stereocenters. The number of benzene rings is 4. The summed E-state index contributed by atoms with van der Waals surface area (Å²) in [5.41, 5.74) is 3.40.